The summed E-state index contributed by atoms with van der Waals surface area (Å²) in [5.74, 6) is 0.632. The first kappa shape index (κ1) is 14.4. The molecule has 0 atom stereocenters. The molecular weight excluding hydrogens is 262 g/mol. The summed E-state index contributed by atoms with van der Waals surface area (Å²) in [7, 11) is 1.73. The quantitative estimate of drug-likeness (QED) is 0.880. The van der Waals surface area contributed by atoms with E-state index in [4.69, 9.17) is 10.5 Å². The molecule has 0 aliphatic carbocycles. The van der Waals surface area contributed by atoms with E-state index < -0.39 is 0 Å². The Balaban J connectivity index is 1.89. The first-order valence-corrected chi connectivity index (χ1v) is 7.55. The zero-order valence-electron chi connectivity index (χ0n) is 11.3. The number of piperidine rings is 1. The van der Waals surface area contributed by atoms with E-state index in [1.165, 1.54) is 11.3 Å². The first-order chi connectivity index (χ1) is 9.24. The molecule has 1 aliphatic heterocycles. The smallest absolute Gasteiger partial charge is 0.273 e. The number of rotatable bonds is 5. The highest BCUT2D eigenvalue weighted by Gasteiger charge is 2.24. The van der Waals surface area contributed by atoms with Gasteiger partial charge in [0.2, 0.25) is 0 Å². The summed E-state index contributed by atoms with van der Waals surface area (Å²) < 4.78 is 5.17. The zero-order chi connectivity index (χ0) is 13.7. The molecule has 0 aromatic carbocycles. The van der Waals surface area contributed by atoms with E-state index in [9.17, 15) is 4.79 Å². The summed E-state index contributed by atoms with van der Waals surface area (Å²) in [5, 5.41) is 2.79. The second-order valence-electron chi connectivity index (χ2n) is 4.86. The monoisotopic (exact) mass is 283 g/mol. The van der Waals surface area contributed by atoms with Crippen LogP contribution in [0.2, 0.25) is 0 Å². The number of nitrogens with zero attached hydrogens (tertiary/aromatic N) is 2. The number of hydrogen-bond donors (Lipinski definition) is 1. The van der Waals surface area contributed by atoms with Crippen molar-refractivity contribution < 1.29 is 9.53 Å². The van der Waals surface area contributed by atoms with E-state index in [2.05, 4.69) is 4.98 Å². The van der Waals surface area contributed by atoms with Crippen LogP contribution < -0.4 is 5.73 Å². The molecule has 1 aliphatic rings. The van der Waals surface area contributed by atoms with Crippen molar-refractivity contribution in [3.8, 4) is 0 Å². The summed E-state index contributed by atoms with van der Waals surface area (Å²) in [6.07, 6.45) is 2.77. The molecule has 1 saturated heterocycles. The molecule has 5 nitrogen and oxygen atoms in total. The van der Waals surface area contributed by atoms with Gasteiger partial charge in [-0.3, -0.25) is 4.79 Å². The lowest BCUT2D eigenvalue weighted by atomic mass is 9.98. The van der Waals surface area contributed by atoms with Crippen LogP contribution in [-0.2, 0) is 11.2 Å². The lowest BCUT2D eigenvalue weighted by Crippen LogP contribution is -2.39. The van der Waals surface area contributed by atoms with E-state index in [0.29, 0.717) is 18.2 Å². The Hall–Kier alpha value is -0.980. The SMILES string of the molecule is COCC1CCN(C(=O)c2csc(CCN)n2)CC1. The lowest BCUT2D eigenvalue weighted by molar-refractivity contribution is 0.0609. The maximum atomic E-state index is 12.3. The number of aromatic nitrogens is 1. The van der Waals surface area contributed by atoms with Gasteiger partial charge < -0.3 is 15.4 Å². The molecule has 0 spiro atoms. The molecule has 6 heteroatoms. The van der Waals surface area contributed by atoms with Crippen molar-refractivity contribution >= 4 is 17.2 Å². The van der Waals surface area contributed by atoms with E-state index >= 15 is 0 Å². The molecule has 106 valence electrons. The van der Waals surface area contributed by atoms with Crippen LogP contribution in [0.5, 0.6) is 0 Å². The predicted octanol–water partition coefficient (Wildman–Crippen LogP) is 1.14. The van der Waals surface area contributed by atoms with Gasteiger partial charge in [-0.05, 0) is 25.3 Å². The molecule has 0 saturated carbocycles. The van der Waals surface area contributed by atoms with Crippen molar-refractivity contribution in [3.05, 3.63) is 16.1 Å². The number of carbonyl (C=O) groups is 1. The summed E-state index contributed by atoms with van der Waals surface area (Å²) >= 11 is 1.52. The van der Waals surface area contributed by atoms with Gasteiger partial charge in [0.25, 0.3) is 5.91 Å². The second-order valence-corrected chi connectivity index (χ2v) is 5.80. The van der Waals surface area contributed by atoms with E-state index in [1.807, 2.05) is 10.3 Å². The molecule has 1 aromatic heterocycles. The molecule has 1 aromatic rings. The van der Waals surface area contributed by atoms with Crippen molar-refractivity contribution in [1.82, 2.24) is 9.88 Å². The average molecular weight is 283 g/mol. The second kappa shape index (κ2) is 6.98. The molecule has 2 N–H and O–H groups in total. The van der Waals surface area contributed by atoms with E-state index in [1.54, 1.807) is 7.11 Å². The third-order valence-corrected chi connectivity index (χ3v) is 4.34. The van der Waals surface area contributed by atoms with Crippen molar-refractivity contribution in [3.63, 3.8) is 0 Å². The molecule has 2 rings (SSSR count). The Bertz CT molecular complexity index is 414. The summed E-state index contributed by atoms with van der Waals surface area (Å²) in [6, 6.07) is 0. The van der Waals surface area contributed by atoms with Crippen LogP contribution in [0.15, 0.2) is 5.38 Å². The molecule has 19 heavy (non-hydrogen) atoms. The minimum Gasteiger partial charge on any atom is -0.384 e. The highest BCUT2D eigenvalue weighted by Crippen LogP contribution is 2.20. The fourth-order valence-electron chi connectivity index (χ4n) is 2.35. The third kappa shape index (κ3) is 3.75. The van der Waals surface area contributed by atoms with Gasteiger partial charge in [-0.2, -0.15) is 0 Å². The van der Waals surface area contributed by atoms with Gasteiger partial charge >= 0.3 is 0 Å². The van der Waals surface area contributed by atoms with Gasteiger partial charge in [-0.1, -0.05) is 0 Å². The average Bonchev–Trinajstić information content (AvgIpc) is 2.88. The molecule has 1 fully saturated rings. The number of methoxy groups -OCH3 is 1. The van der Waals surface area contributed by atoms with Crippen molar-refractivity contribution in [1.29, 1.82) is 0 Å². The van der Waals surface area contributed by atoms with Gasteiger partial charge in [-0.25, -0.2) is 4.98 Å². The summed E-state index contributed by atoms with van der Waals surface area (Å²) in [6.45, 7) is 2.97. The molecule has 0 radical (unpaired) electrons. The van der Waals surface area contributed by atoms with Gasteiger partial charge in [0.05, 0.1) is 5.01 Å². The fourth-order valence-corrected chi connectivity index (χ4v) is 3.14. The van der Waals surface area contributed by atoms with Crippen LogP contribution in [0, 0.1) is 5.92 Å². The number of thiazole rings is 1. The minimum atomic E-state index is 0.0513. The Morgan fingerprint density at radius 2 is 2.32 bits per heavy atom. The maximum absolute atomic E-state index is 12.3. The molecular formula is C13H21N3O2S. The maximum Gasteiger partial charge on any atom is 0.273 e. The minimum absolute atomic E-state index is 0.0513. The van der Waals surface area contributed by atoms with Crippen LogP contribution in [0.25, 0.3) is 0 Å². The summed E-state index contributed by atoms with van der Waals surface area (Å²) in [4.78, 5) is 18.5. The van der Waals surface area contributed by atoms with E-state index in [-0.39, 0.29) is 5.91 Å². The largest absolute Gasteiger partial charge is 0.384 e. The number of ether oxygens (including phenoxy) is 1. The summed E-state index contributed by atoms with van der Waals surface area (Å²) in [5.41, 5.74) is 6.06. The van der Waals surface area contributed by atoms with Gasteiger partial charge in [0, 0.05) is 38.6 Å². The van der Waals surface area contributed by atoms with Crippen LogP contribution in [0.1, 0.15) is 28.3 Å². The van der Waals surface area contributed by atoms with Gasteiger partial charge in [0.15, 0.2) is 0 Å². The van der Waals surface area contributed by atoms with Crippen molar-refractivity contribution in [2.45, 2.75) is 19.3 Å². The number of amides is 1. The van der Waals surface area contributed by atoms with Crippen LogP contribution in [-0.4, -0.2) is 49.1 Å². The molecule has 0 bridgehead atoms. The molecule has 1 amide bonds. The Kier molecular flexibility index (Phi) is 5.30. The van der Waals surface area contributed by atoms with Crippen LogP contribution in [0.4, 0.5) is 0 Å². The standard InChI is InChI=1S/C13H21N3O2S/c1-18-8-10-3-6-16(7-4-10)13(17)11-9-19-12(15-11)2-5-14/h9-10H,2-8,14H2,1H3. The third-order valence-electron chi connectivity index (χ3n) is 3.43. The highest BCUT2D eigenvalue weighted by molar-refractivity contribution is 7.09. The lowest BCUT2D eigenvalue weighted by Gasteiger charge is -2.31. The number of likely N-dealkylation sites (tertiary alicyclic amines) is 1. The van der Waals surface area contributed by atoms with Crippen LogP contribution in [0.3, 0.4) is 0 Å². The van der Waals surface area contributed by atoms with Gasteiger partial charge in [0.1, 0.15) is 5.69 Å². The highest BCUT2D eigenvalue weighted by atomic mass is 32.1. The zero-order valence-corrected chi connectivity index (χ0v) is 12.1. The first-order valence-electron chi connectivity index (χ1n) is 6.67. The number of hydrogen-bond acceptors (Lipinski definition) is 5. The molecule has 0 unspecified atom stereocenters. The van der Waals surface area contributed by atoms with Gasteiger partial charge in [-0.15, -0.1) is 11.3 Å². The number of carbonyl (C=O) groups excluding carboxylic acids is 1. The number of nitrogens with two attached hydrogens (primary N) is 1. The van der Waals surface area contributed by atoms with Crippen molar-refractivity contribution in [2.24, 2.45) is 11.7 Å². The Morgan fingerprint density at radius 3 is 2.95 bits per heavy atom. The topological polar surface area (TPSA) is 68.5 Å². The fraction of sp³-hybridized carbons (Fsp3) is 0.692. The normalized spacial score (nSPS) is 16.8. The van der Waals surface area contributed by atoms with E-state index in [0.717, 1.165) is 44.0 Å². The predicted molar refractivity (Wildman–Crippen MR) is 75.4 cm³/mol. The Morgan fingerprint density at radius 1 is 1.58 bits per heavy atom. The Labute approximate surface area is 117 Å². The van der Waals surface area contributed by atoms with Crippen LogP contribution >= 0.6 is 11.3 Å². The van der Waals surface area contributed by atoms with Crippen molar-refractivity contribution in [2.75, 3.05) is 33.4 Å². The molecule has 2 heterocycles.